The molecule has 1 saturated carbocycles. The molecule has 2 N–H and O–H groups in total. The number of amides is 1. The van der Waals surface area contributed by atoms with Gasteiger partial charge in [-0.2, -0.15) is 0 Å². The van der Waals surface area contributed by atoms with Crippen LogP contribution in [0.2, 0.25) is 0 Å². The minimum atomic E-state index is -1.16. The summed E-state index contributed by atoms with van der Waals surface area (Å²) in [6, 6.07) is 16.4. The molecule has 0 aliphatic heterocycles. The molecule has 0 saturated heterocycles. The number of carbonyl (C=O) groups excluding carboxylic acids is 2. The molecule has 0 radical (unpaired) electrons. The van der Waals surface area contributed by atoms with Crippen molar-refractivity contribution in [3.05, 3.63) is 101 Å². The number of hydrogen-bond donors (Lipinski definition) is 2. The zero-order valence-electron chi connectivity index (χ0n) is 19.2. The van der Waals surface area contributed by atoms with Crippen molar-refractivity contribution in [2.24, 2.45) is 0 Å². The van der Waals surface area contributed by atoms with Gasteiger partial charge in [0, 0.05) is 35.6 Å². The van der Waals surface area contributed by atoms with E-state index < -0.39 is 11.5 Å². The minimum Gasteiger partial charge on any atom is -0.480 e. The maximum absolute atomic E-state index is 12.7. The molecule has 1 heterocycles. The molecule has 1 aliphatic carbocycles. The van der Waals surface area contributed by atoms with Crippen LogP contribution in [0.15, 0.2) is 73.1 Å². The molecule has 0 atom stereocenters. The van der Waals surface area contributed by atoms with Gasteiger partial charge in [-0.1, -0.05) is 67.0 Å². The number of carbonyl (C=O) groups is 3. The number of allylic oxidation sites excluding steroid dienone is 1. The second kappa shape index (κ2) is 9.91. The summed E-state index contributed by atoms with van der Waals surface area (Å²) in [5.74, 6) is -1.35. The summed E-state index contributed by atoms with van der Waals surface area (Å²) in [4.78, 5) is 37.1. The van der Waals surface area contributed by atoms with Gasteiger partial charge in [0.2, 0.25) is 0 Å². The van der Waals surface area contributed by atoms with Crippen molar-refractivity contribution in [3.63, 3.8) is 0 Å². The molecule has 3 aromatic rings. The van der Waals surface area contributed by atoms with Gasteiger partial charge in [0.15, 0.2) is 5.78 Å². The Morgan fingerprint density at radius 1 is 1.00 bits per heavy atom. The molecule has 1 aliphatic rings. The van der Waals surface area contributed by atoms with Crippen LogP contribution in [0.5, 0.6) is 0 Å². The summed E-state index contributed by atoms with van der Waals surface area (Å²) in [5.41, 5.74) is 2.52. The van der Waals surface area contributed by atoms with E-state index in [9.17, 15) is 19.5 Å². The summed E-state index contributed by atoms with van der Waals surface area (Å²) < 4.78 is 1.92. The number of aryl methyl sites for hydroxylation is 1. The molecular formula is C28H28N2O4. The summed E-state index contributed by atoms with van der Waals surface area (Å²) in [7, 11) is 0. The quantitative estimate of drug-likeness (QED) is 0.474. The van der Waals surface area contributed by atoms with Gasteiger partial charge >= 0.3 is 5.97 Å². The van der Waals surface area contributed by atoms with Crippen molar-refractivity contribution in [3.8, 4) is 0 Å². The summed E-state index contributed by atoms with van der Waals surface area (Å²) >= 11 is 0. The smallest absolute Gasteiger partial charge is 0.329 e. The summed E-state index contributed by atoms with van der Waals surface area (Å²) in [6.45, 7) is 2.56. The lowest BCUT2D eigenvalue weighted by atomic mass is 9.97. The normalized spacial score (nSPS) is 14.9. The minimum absolute atomic E-state index is 0.0113. The molecule has 0 unspecified atom stereocenters. The maximum atomic E-state index is 12.7. The van der Waals surface area contributed by atoms with Gasteiger partial charge in [-0.15, -0.1) is 0 Å². The van der Waals surface area contributed by atoms with Crippen LogP contribution in [0, 0.1) is 6.92 Å². The van der Waals surface area contributed by atoms with Crippen molar-refractivity contribution in [1.29, 1.82) is 0 Å². The molecule has 1 amide bonds. The Labute approximate surface area is 198 Å². The standard InChI is InChI=1S/C28H28N2O4/c1-20-9-11-22(12-10-20)25(31)24-13-17-30(19-24)16-5-7-21-6-4-8-23(18-21)26(32)29-28(27(33)34)14-2-3-15-28/h4-13,17-19H,2-3,14-16H2,1H3,(H,29,32)(H,33,34)/b7-5+. The Morgan fingerprint density at radius 3 is 2.44 bits per heavy atom. The van der Waals surface area contributed by atoms with E-state index in [0.717, 1.165) is 24.0 Å². The van der Waals surface area contributed by atoms with E-state index in [2.05, 4.69) is 5.32 Å². The first-order valence-corrected chi connectivity index (χ1v) is 11.5. The Kier molecular flexibility index (Phi) is 6.77. The first-order chi connectivity index (χ1) is 16.4. The van der Waals surface area contributed by atoms with Crippen molar-refractivity contribution in [2.75, 3.05) is 0 Å². The Bertz CT molecular complexity index is 1230. The molecule has 4 rings (SSSR count). The van der Waals surface area contributed by atoms with E-state index in [4.69, 9.17) is 0 Å². The highest BCUT2D eigenvalue weighted by Crippen LogP contribution is 2.30. The van der Waals surface area contributed by atoms with Gasteiger partial charge in [-0.3, -0.25) is 9.59 Å². The second-order valence-electron chi connectivity index (χ2n) is 8.87. The van der Waals surface area contributed by atoms with E-state index in [-0.39, 0.29) is 11.7 Å². The molecule has 6 heteroatoms. The Morgan fingerprint density at radius 2 is 1.74 bits per heavy atom. The molecule has 174 valence electrons. The van der Waals surface area contributed by atoms with Crippen molar-refractivity contribution < 1.29 is 19.5 Å². The molecule has 1 fully saturated rings. The third-order valence-corrected chi connectivity index (χ3v) is 6.32. The van der Waals surface area contributed by atoms with Crippen LogP contribution in [-0.2, 0) is 11.3 Å². The monoisotopic (exact) mass is 456 g/mol. The second-order valence-corrected chi connectivity index (χ2v) is 8.87. The highest BCUT2D eigenvalue weighted by Gasteiger charge is 2.42. The van der Waals surface area contributed by atoms with Crippen molar-refractivity contribution in [2.45, 2.75) is 44.7 Å². The number of carboxylic acid groups (broad SMARTS) is 1. The zero-order valence-corrected chi connectivity index (χ0v) is 19.2. The fourth-order valence-corrected chi connectivity index (χ4v) is 4.31. The Hall–Kier alpha value is -3.93. The lowest BCUT2D eigenvalue weighted by molar-refractivity contribution is -0.144. The SMILES string of the molecule is Cc1ccc(C(=O)c2ccn(C/C=C/c3cccc(C(=O)NC4(C(=O)O)CCCC4)c3)c2)cc1. The number of rotatable bonds is 8. The predicted molar refractivity (Wildman–Crippen MR) is 131 cm³/mol. The lowest BCUT2D eigenvalue weighted by Gasteiger charge is -2.25. The van der Waals surface area contributed by atoms with Crippen molar-refractivity contribution in [1.82, 2.24) is 9.88 Å². The van der Waals surface area contributed by atoms with Gasteiger partial charge in [-0.05, 0) is 43.5 Å². The summed E-state index contributed by atoms with van der Waals surface area (Å²) in [5, 5.41) is 12.3. The average molecular weight is 457 g/mol. The number of nitrogens with one attached hydrogen (secondary N) is 1. The topological polar surface area (TPSA) is 88.4 Å². The van der Waals surface area contributed by atoms with Crippen LogP contribution in [-0.4, -0.2) is 32.9 Å². The molecule has 34 heavy (non-hydrogen) atoms. The third-order valence-electron chi connectivity index (χ3n) is 6.32. The number of ketones is 1. The Balaban J connectivity index is 1.39. The van der Waals surface area contributed by atoms with E-state index in [1.165, 1.54) is 0 Å². The van der Waals surface area contributed by atoms with Gasteiger partial charge in [0.05, 0.1) is 0 Å². The maximum Gasteiger partial charge on any atom is 0.329 e. The van der Waals surface area contributed by atoms with Crippen LogP contribution in [0.3, 0.4) is 0 Å². The molecule has 0 bridgehead atoms. The van der Waals surface area contributed by atoms with Crippen LogP contribution >= 0.6 is 0 Å². The molecule has 2 aromatic carbocycles. The first-order valence-electron chi connectivity index (χ1n) is 11.5. The molecule has 1 aromatic heterocycles. The summed E-state index contributed by atoms with van der Waals surface area (Å²) in [6.07, 6.45) is 10.1. The molecule has 0 spiro atoms. The van der Waals surface area contributed by atoms with Crippen LogP contribution < -0.4 is 5.32 Å². The van der Waals surface area contributed by atoms with Gasteiger partial charge in [0.1, 0.15) is 5.54 Å². The lowest BCUT2D eigenvalue weighted by Crippen LogP contribution is -2.52. The highest BCUT2D eigenvalue weighted by atomic mass is 16.4. The number of hydrogen-bond acceptors (Lipinski definition) is 3. The van der Waals surface area contributed by atoms with E-state index in [0.29, 0.717) is 36.1 Å². The number of carboxylic acids is 1. The third kappa shape index (κ3) is 5.17. The molecular weight excluding hydrogens is 428 g/mol. The molecule has 6 nitrogen and oxygen atoms in total. The first kappa shape index (κ1) is 23.2. The predicted octanol–water partition coefficient (Wildman–Crippen LogP) is 4.87. The van der Waals surface area contributed by atoms with E-state index in [1.54, 1.807) is 18.2 Å². The van der Waals surface area contributed by atoms with Crippen LogP contribution in [0.1, 0.15) is 63.1 Å². The van der Waals surface area contributed by atoms with Crippen LogP contribution in [0.25, 0.3) is 6.08 Å². The average Bonchev–Trinajstić information content (AvgIpc) is 3.50. The van der Waals surface area contributed by atoms with E-state index in [1.807, 2.05) is 72.4 Å². The van der Waals surface area contributed by atoms with Gasteiger partial charge < -0.3 is 15.0 Å². The number of aliphatic carboxylic acids is 1. The highest BCUT2D eigenvalue weighted by molar-refractivity contribution is 6.08. The van der Waals surface area contributed by atoms with Crippen molar-refractivity contribution >= 4 is 23.7 Å². The van der Waals surface area contributed by atoms with Gasteiger partial charge in [0.25, 0.3) is 5.91 Å². The largest absolute Gasteiger partial charge is 0.480 e. The number of aromatic nitrogens is 1. The van der Waals surface area contributed by atoms with Crippen LogP contribution in [0.4, 0.5) is 0 Å². The fraction of sp³-hybridized carbons (Fsp3) is 0.250. The van der Waals surface area contributed by atoms with E-state index >= 15 is 0 Å². The number of nitrogens with zero attached hydrogens (tertiary/aromatic N) is 1. The fourth-order valence-electron chi connectivity index (χ4n) is 4.31. The van der Waals surface area contributed by atoms with Gasteiger partial charge in [-0.25, -0.2) is 4.79 Å². The number of benzene rings is 2. The zero-order chi connectivity index (χ0) is 24.1.